The maximum Gasteiger partial charge on any atom is 0.266 e. The van der Waals surface area contributed by atoms with Gasteiger partial charge in [-0.05, 0) is 65.7 Å². The Balaban J connectivity index is 1.61. The maximum absolute atomic E-state index is 12.8. The molecule has 0 spiro atoms. The highest BCUT2D eigenvalue weighted by molar-refractivity contribution is 9.10. The minimum atomic E-state index is -0.568. The Morgan fingerprint density at radius 3 is 2.63 bits per heavy atom. The van der Waals surface area contributed by atoms with Crippen molar-refractivity contribution in [2.45, 2.75) is 13.5 Å². The lowest BCUT2D eigenvalue weighted by molar-refractivity contribution is -0.112. The van der Waals surface area contributed by atoms with Gasteiger partial charge in [-0.25, -0.2) is 0 Å². The topological polar surface area (TPSA) is 62.1 Å². The van der Waals surface area contributed by atoms with Gasteiger partial charge >= 0.3 is 0 Å². The SMILES string of the molecule is Cc1ccc2ccccc2c1COc1ccc(Br)cc1/C=C(\C#N)C(=O)Nc1ccc(Cl)c(Cl)c1. The van der Waals surface area contributed by atoms with E-state index in [1.165, 1.54) is 12.1 Å². The summed E-state index contributed by atoms with van der Waals surface area (Å²) < 4.78 is 6.99. The lowest BCUT2D eigenvalue weighted by Gasteiger charge is -2.14. The first-order valence-electron chi connectivity index (χ1n) is 10.6. The van der Waals surface area contributed by atoms with E-state index in [1.807, 2.05) is 30.3 Å². The molecule has 0 atom stereocenters. The van der Waals surface area contributed by atoms with Crippen LogP contribution in [0.5, 0.6) is 5.75 Å². The molecule has 35 heavy (non-hydrogen) atoms. The number of carbonyl (C=O) groups excluding carboxylic acids is 1. The van der Waals surface area contributed by atoms with Gasteiger partial charge in [0, 0.05) is 21.3 Å². The number of amides is 1. The molecule has 4 nitrogen and oxygen atoms in total. The highest BCUT2D eigenvalue weighted by atomic mass is 79.9. The number of hydrogen-bond donors (Lipinski definition) is 1. The highest BCUT2D eigenvalue weighted by Crippen LogP contribution is 2.29. The van der Waals surface area contributed by atoms with Gasteiger partial charge in [0.05, 0.1) is 10.0 Å². The van der Waals surface area contributed by atoms with E-state index in [1.54, 1.807) is 18.2 Å². The second-order valence-electron chi connectivity index (χ2n) is 7.81. The van der Waals surface area contributed by atoms with Crippen LogP contribution in [0.4, 0.5) is 5.69 Å². The minimum Gasteiger partial charge on any atom is -0.488 e. The van der Waals surface area contributed by atoms with Gasteiger partial charge in [0.1, 0.15) is 24.0 Å². The van der Waals surface area contributed by atoms with Crippen molar-refractivity contribution in [3.05, 3.63) is 110 Å². The van der Waals surface area contributed by atoms with Crippen molar-refractivity contribution in [2.24, 2.45) is 0 Å². The Bertz CT molecular complexity index is 1510. The Hall–Kier alpha value is -3.30. The molecule has 7 heteroatoms. The van der Waals surface area contributed by atoms with E-state index in [-0.39, 0.29) is 5.57 Å². The van der Waals surface area contributed by atoms with Crippen molar-refractivity contribution in [2.75, 3.05) is 5.32 Å². The number of anilines is 1. The number of fused-ring (bicyclic) bond motifs is 1. The fourth-order valence-electron chi connectivity index (χ4n) is 3.63. The molecule has 0 unspecified atom stereocenters. The number of ether oxygens (including phenoxy) is 1. The average molecular weight is 566 g/mol. The second kappa shape index (κ2) is 11.0. The van der Waals surface area contributed by atoms with Crippen LogP contribution < -0.4 is 10.1 Å². The van der Waals surface area contributed by atoms with Crippen LogP contribution in [-0.2, 0) is 11.4 Å². The van der Waals surface area contributed by atoms with Gasteiger partial charge in [-0.1, -0.05) is 75.5 Å². The lowest BCUT2D eigenvalue weighted by atomic mass is 10.0. The maximum atomic E-state index is 12.8. The zero-order valence-corrected chi connectivity index (χ0v) is 21.7. The molecule has 1 amide bonds. The smallest absolute Gasteiger partial charge is 0.266 e. The van der Waals surface area contributed by atoms with Gasteiger partial charge in [-0.15, -0.1) is 0 Å². The number of benzene rings is 4. The molecule has 4 aromatic carbocycles. The van der Waals surface area contributed by atoms with Crippen LogP contribution in [0.15, 0.2) is 82.8 Å². The number of hydrogen-bond acceptors (Lipinski definition) is 3. The van der Waals surface area contributed by atoms with Crippen molar-refractivity contribution >= 4 is 67.6 Å². The molecule has 0 fully saturated rings. The fraction of sp³-hybridized carbons (Fsp3) is 0.0714. The molecule has 0 saturated heterocycles. The summed E-state index contributed by atoms with van der Waals surface area (Å²) in [5.41, 5.74) is 3.15. The van der Waals surface area contributed by atoms with Gasteiger partial charge in [-0.3, -0.25) is 4.79 Å². The van der Waals surface area contributed by atoms with Crippen LogP contribution in [0.1, 0.15) is 16.7 Å². The van der Waals surface area contributed by atoms with Crippen LogP contribution in [0.2, 0.25) is 10.0 Å². The van der Waals surface area contributed by atoms with E-state index >= 15 is 0 Å². The number of rotatable bonds is 6. The van der Waals surface area contributed by atoms with Gasteiger partial charge in [0.2, 0.25) is 0 Å². The molecule has 4 aromatic rings. The predicted molar refractivity (Wildman–Crippen MR) is 146 cm³/mol. The minimum absolute atomic E-state index is 0.0830. The molecule has 0 aliphatic heterocycles. The van der Waals surface area contributed by atoms with Crippen LogP contribution in [0.25, 0.3) is 16.8 Å². The molecular formula is C28H19BrCl2N2O2. The molecule has 0 heterocycles. The Labute approximate surface area is 221 Å². The van der Waals surface area contributed by atoms with Gasteiger partial charge < -0.3 is 10.1 Å². The molecular weight excluding hydrogens is 547 g/mol. The Kier molecular flexibility index (Phi) is 7.77. The van der Waals surface area contributed by atoms with Crippen LogP contribution in [0, 0.1) is 18.3 Å². The van der Waals surface area contributed by atoms with E-state index in [4.69, 9.17) is 27.9 Å². The number of nitrogens with zero attached hydrogens (tertiary/aromatic N) is 1. The molecule has 1 N–H and O–H groups in total. The quantitative estimate of drug-likeness (QED) is 0.189. The van der Waals surface area contributed by atoms with Crippen LogP contribution in [0.3, 0.4) is 0 Å². The highest BCUT2D eigenvalue weighted by Gasteiger charge is 2.14. The van der Waals surface area contributed by atoms with Crippen molar-refractivity contribution < 1.29 is 9.53 Å². The number of carbonyl (C=O) groups is 1. The van der Waals surface area contributed by atoms with Gasteiger partial charge in [0.15, 0.2) is 0 Å². The van der Waals surface area contributed by atoms with Crippen LogP contribution in [-0.4, -0.2) is 5.91 Å². The van der Waals surface area contributed by atoms with Crippen LogP contribution >= 0.6 is 39.1 Å². The van der Waals surface area contributed by atoms with Gasteiger partial charge in [0.25, 0.3) is 5.91 Å². The van der Waals surface area contributed by atoms with E-state index < -0.39 is 5.91 Å². The van der Waals surface area contributed by atoms with E-state index in [0.29, 0.717) is 33.7 Å². The number of aryl methyl sites for hydroxylation is 1. The predicted octanol–water partition coefficient (Wildman–Crippen LogP) is 8.34. The third-order valence-corrected chi connectivity index (χ3v) is 6.69. The zero-order chi connectivity index (χ0) is 24.9. The van der Waals surface area contributed by atoms with E-state index in [9.17, 15) is 10.1 Å². The number of nitriles is 1. The van der Waals surface area contributed by atoms with E-state index in [2.05, 4.69) is 52.4 Å². The normalized spacial score (nSPS) is 11.2. The lowest BCUT2D eigenvalue weighted by Crippen LogP contribution is -2.13. The van der Waals surface area contributed by atoms with Crippen molar-refractivity contribution in [3.63, 3.8) is 0 Å². The average Bonchev–Trinajstić information content (AvgIpc) is 2.85. The summed E-state index contributed by atoms with van der Waals surface area (Å²) in [4.78, 5) is 12.8. The monoisotopic (exact) mass is 564 g/mol. The zero-order valence-electron chi connectivity index (χ0n) is 18.6. The summed E-state index contributed by atoms with van der Waals surface area (Å²) in [6.07, 6.45) is 1.50. The van der Waals surface area contributed by atoms with Crippen molar-refractivity contribution in [3.8, 4) is 11.8 Å². The molecule has 0 aromatic heterocycles. The first-order valence-corrected chi connectivity index (χ1v) is 12.2. The second-order valence-corrected chi connectivity index (χ2v) is 9.54. The summed E-state index contributed by atoms with van der Waals surface area (Å²) in [7, 11) is 0. The van der Waals surface area contributed by atoms with E-state index in [0.717, 1.165) is 26.4 Å². The standard InChI is InChI=1S/C28H19BrCl2N2O2/c1-17-6-7-18-4-2-3-5-23(18)24(17)16-35-27-11-8-21(29)13-19(27)12-20(15-32)28(34)33-22-9-10-25(30)26(31)14-22/h2-14H,16H2,1H3,(H,33,34)/b20-12+. The largest absolute Gasteiger partial charge is 0.488 e. The summed E-state index contributed by atoms with van der Waals surface area (Å²) >= 11 is 15.4. The van der Waals surface area contributed by atoms with Crippen molar-refractivity contribution in [1.29, 1.82) is 5.26 Å². The number of nitrogens with one attached hydrogen (secondary N) is 1. The first-order chi connectivity index (χ1) is 16.9. The molecule has 0 aliphatic carbocycles. The Morgan fingerprint density at radius 2 is 1.86 bits per heavy atom. The summed E-state index contributed by atoms with van der Waals surface area (Å²) in [5.74, 6) is -0.0164. The third-order valence-electron chi connectivity index (χ3n) is 5.46. The summed E-state index contributed by atoms with van der Waals surface area (Å²) in [6, 6.07) is 24.5. The Morgan fingerprint density at radius 1 is 1.06 bits per heavy atom. The third kappa shape index (κ3) is 5.86. The fourth-order valence-corrected chi connectivity index (χ4v) is 4.30. The number of halogens is 3. The molecule has 0 bridgehead atoms. The molecule has 0 radical (unpaired) electrons. The molecule has 0 saturated carbocycles. The van der Waals surface area contributed by atoms with Crippen molar-refractivity contribution in [1.82, 2.24) is 0 Å². The molecule has 4 rings (SSSR count). The summed E-state index contributed by atoms with van der Waals surface area (Å²) in [5, 5.41) is 15.3. The molecule has 0 aliphatic rings. The first kappa shape index (κ1) is 24.8. The molecule has 174 valence electrons. The van der Waals surface area contributed by atoms with Gasteiger partial charge in [-0.2, -0.15) is 5.26 Å². The summed E-state index contributed by atoms with van der Waals surface area (Å²) in [6.45, 7) is 2.39.